The molecular weight excluding hydrogens is 224 g/mol. The Bertz CT molecular complexity index is 470. The molecule has 3 rings (SSSR count). The number of carbonyl (C=O) groups excluding carboxylic acids is 1. The number of rotatable bonds is 2. The Hall–Kier alpha value is -1.35. The topological polar surface area (TPSA) is 32.3 Å². The summed E-state index contributed by atoms with van der Waals surface area (Å²) >= 11 is 0. The first-order valence-corrected chi connectivity index (χ1v) is 6.87. The number of amides is 1. The number of carbonyl (C=O) groups is 1. The molecule has 0 saturated carbocycles. The van der Waals surface area contributed by atoms with Crippen LogP contribution in [0.15, 0.2) is 18.2 Å². The highest BCUT2D eigenvalue weighted by Gasteiger charge is 2.24. The van der Waals surface area contributed by atoms with Crippen LogP contribution in [-0.4, -0.2) is 29.9 Å². The summed E-state index contributed by atoms with van der Waals surface area (Å²) < 4.78 is 0. The van der Waals surface area contributed by atoms with Gasteiger partial charge in [0.15, 0.2) is 0 Å². The van der Waals surface area contributed by atoms with Gasteiger partial charge in [-0.1, -0.05) is 18.2 Å². The van der Waals surface area contributed by atoms with E-state index in [1.807, 2.05) is 11.8 Å². The Kier molecular flexibility index (Phi) is 3.08. The second kappa shape index (κ2) is 4.73. The zero-order valence-corrected chi connectivity index (χ0v) is 10.9. The van der Waals surface area contributed by atoms with Gasteiger partial charge in [-0.05, 0) is 42.9 Å². The third kappa shape index (κ3) is 2.15. The SMILES string of the molecule is CC1NCCN(Cc2ccc3c(c2)CCC3)C1=O. The van der Waals surface area contributed by atoms with Crippen LogP contribution in [0.2, 0.25) is 0 Å². The molecule has 96 valence electrons. The third-order valence-corrected chi connectivity index (χ3v) is 4.05. The molecular formula is C15H20N2O. The lowest BCUT2D eigenvalue weighted by molar-refractivity contribution is -0.135. The van der Waals surface area contributed by atoms with Crippen molar-refractivity contribution in [1.29, 1.82) is 0 Å². The van der Waals surface area contributed by atoms with Crippen LogP contribution in [0.3, 0.4) is 0 Å². The van der Waals surface area contributed by atoms with Gasteiger partial charge in [-0.25, -0.2) is 0 Å². The van der Waals surface area contributed by atoms with Crippen LogP contribution in [0.1, 0.15) is 30.0 Å². The zero-order valence-electron chi connectivity index (χ0n) is 10.9. The summed E-state index contributed by atoms with van der Waals surface area (Å²) in [4.78, 5) is 14.0. The summed E-state index contributed by atoms with van der Waals surface area (Å²) in [6, 6.07) is 6.69. The molecule has 1 aliphatic carbocycles. The fourth-order valence-electron chi connectivity index (χ4n) is 2.99. The highest BCUT2D eigenvalue weighted by molar-refractivity contribution is 5.82. The molecule has 1 saturated heterocycles. The second-order valence-corrected chi connectivity index (χ2v) is 5.39. The first-order valence-electron chi connectivity index (χ1n) is 6.87. The third-order valence-electron chi connectivity index (χ3n) is 4.05. The molecule has 2 aliphatic rings. The highest BCUT2D eigenvalue weighted by Crippen LogP contribution is 2.23. The molecule has 1 aliphatic heterocycles. The number of piperazine rings is 1. The lowest BCUT2D eigenvalue weighted by atomic mass is 10.1. The Labute approximate surface area is 108 Å². The molecule has 1 N–H and O–H groups in total. The van der Waals surface area contributed by atoms with Crippen molar-refractivity contribution >= 4 is 5.91 Å². The fraction of sp³-hybridized carbons (Fsp3) is 0.533. The van der Waals surface area contributed by atoms with Gasteiger partial charge in [0, 0.05) is 19.6 Å². The normalized spacial score (nSPS) is 23.3. The van der Waals surface area contributed by atoms with Gasteiger partial charge >= 0.3 is 0 Å². The van der Waals surface area contributed by atoms with Gasteiger partial charge in [0.25, 0.3) is 0 Å². The van der Waals surface area contributed by atoms with Crippen molar-refractivity contribution in [2.75, 3.05) is 13.1 Å². The maximum absolute atomic E-state index is 12.0. The molecule has 1 amide bonds. The molecule has 1 aromatic rings. The first-order chi connectivity index (χ1) is 8.74. The van der Waals surface area contributed by atoms with Crippen LogP contribution in [-0.2, 0) is 24.2 Å². The van der Waals surface area contributed by atoms with Crippen LogP contribution < -0.4 is 5.32 Å². The van der Waals surface area contributed by atoms with Gasteiger partial charge in [0.05, 0.1) is 6.04 Å². The number of nitrogens with zero attached hydrogens (tertiary/aromatic N) is 1. The van der Waals surface area contributed by atoms with Crippen LogP contribution in [0.4, 0.5) is 0 Å². The van der Waals surface area contributed by atoms with Crippen molar-refractivity contribution in [3.63, 3.8) is 0 Å². The average molecular weight is 244 g/mol. The van der Waals surface area contributed by atoms with Crippen molar-refractivity contribution in [2.45, 2.75) is 38.8 Å². The van der Waals surface area contributed by atoms with E-state index in [1.165, 1.54) is 36.0 Å². The van der Waals surface area contributed by atoms with Gasteiger partial charge in [-0.15, -0.1) is 0 Å². The van der Waals surface area contributed by atoms with Gasteiger partial charge in [-0.3, -0.25) is 4.79 Å². The van der Waals surface area contributed by atoms with Crippen molar-refractivity contribution in [1.82, 2.24) is 10.2 Å². The molecule has 3 heteroatoms. The minimum Gasteiger partial charge on any atom is -0.336 e. The Morgan fingerprint density at radius 1 is 1.33 bits per heavy atom. The Balaban J connectivity index is 1.74. The van der Waals surface area contributed by atoms with E-state index in [0.29, 0.717) is 0 Å². The van der Waals surface area contributed by atoms with Gasteiger partial charge in [0.1, 0.15) is 0 Å². The van der Waals surface area contributed by atoms with E-state index in [4.69, 9.17) is 0 Å². The number of fused-ring (bicyclic) bond motifs is 1. The summed E-state index contributed by atoms with van der Waals surface area (Å²) in [5.74, 6) is 0.224. The number of aryl methyl sites for hydroxylation is 2. The van der Waals surface area contributed by atoms with Crippen molar-refractivity contribution in [3.8, 4) is 0 Å². The van der Waals surface area contributed by atoms with Crippen molar-refractivity contribution in [2.24, 2.45) is 0 Å². The maximum Gasteiger partial charge on any atom is 0.239 e. The minimum absolute atomic E-state index is 0.0341. The molecule has 1 heterocycles. The van der Waals surface area contributed by atoms with Gasteiger partial charge in [0.2, 0.25) is 5.91 Å². The van der Waals surface area contributed by atoms with Gasteiger partial charge < -0.3 is 10.2 Å². The van der Waals surface area contributed by atoms with E-state index in [-0.39, 0.29) is 11.9 Å². The Morgan fingerprint density at radius 3 is 3.06 bits per heavy atom. The molecule has 0 radical (unpaired) electrons. The van der Waals surface area contributed by atoms with Gasteiger partial charge in [-0.2, -0.15) is 0 Å². The van der Waals surface area contributed by atoms with Crippen molar-refractivity contribution < 1.29 is 4.79 Å². The van der Waals surface area contributed by atoms with E-state index in [9.17, 15) is 4.79 Å². The molecule has 1 unspecified atom stereocenters. The molecule has 18 heavy (non-hydrogen) atoms. The van der Waals surface area contributed by atoms with Crippen molar-refractivity contribution in [3.05, 3.63) is 34.9 Å². The van der Waals surface area contributed by atoms with E-state index in [1.54, 1.807) is 0 Å². The summed E-state index contributed by atoms with van der Waals surface area (Å²) in [5, 5.41) is 3.20. The number of hydrogen-bond acceptors (Lipinski definition) is 2. The summed E-state index contributed by atoms with van der Waals surface area (Å²) in [6.07, 6.45) is 3.71. The molecule has 0 aromatic heterocycles. The quantitative estimate of drug-likeness (QED) is 0.855. The van der Waals surface area contributed by atoms with Crippen LogP contribution in [0.5, 0.6) is 0 Å². The molecule has 1 fully saturated rings. The van der Waals surface area contributed by atoms with E-state index >= 15 is 0 Å². The summed E-state index contributed by atoms with van der Waals surface area (Å²) in [6.45, 7) is 4.42. The largest absolute Gasteiger partial charge is 0.336 e. The molecule has 0 bridgehead atoms. The number of benzene rings is 1. The van der Waals surface area contributed by atoms with E-state index in [2.05, 4.69) is 23.5 Å². The molecule has 1 aromatic carbocycles. The van der Waals surface area contributed by atoms with E-state index < -0.39 is 0 Å². The predicted molar refractivity (Wildman–Crippen MR) is 71.3 cm³/mol. The van der Waals surface area contributed by atoms with Crippen LogP contribution >= 0.6 is 0 Å². The second-order valence-electron chi connectivity index (χ2n) is 5.39. The van der Waals surface area contributed by atoms with Crippen LogP contribution in [0.25, 0.3) is 0 Å². The zero-order chi connectivity index (χ0) is 12.5. The minimum atomic E-state index is -0.0341. The highest BCUT2D eigenvalue weighted by atomic mass is 16.2. The first kappa shape index (κ1) is 11.7. The molecule has 1 atom stereocenters. The molecule has 3 nitrogen and oxygen atoms in total. The Morgan fingerprint density at radius 2 is 2.17 bits per heavy atom. The predicted octanol–water partition coefficient (Wildman–Crippen LogP) is 1.50. The monoisotopic (exact) mass is 244 g/mol. The van der Waals surface area contributed by atoms with Crippen LogP contribution in [0, 0.1) is 0 Å². The average Bonchev–Trinajstić information content (AvgIpc) is 2.82. The molecule has 0 spiro atoms. The summed E-state index contributed by atoms with van der Waals surface area (Å²) in [7, 11) is 0. The smallest absolute Gasteiger partial charge is 0.239 e. The number of hydrogen-bond donors (Lipinski definition) is 1. The maximum atomic E-state index is 12.0. The lowest BCUT2D eigenvalue weighted by Crippen LogP contribution is -2.53. The summed E-state index contributed by atoms with van der Waals surface area (Å²) in [5.41, 5.74) is 4.26. The fourth-order valence-corrected chi connectivity index (χ4v) is 2.99. The standard InChI is InChI=1S/C15H20N2O/c1-11-15(18)17(8-7-16-11)10-12-5-6-13-3-2-4-14(13)9-12/h5-6,9,11,16H,2-4,7-8,10H2,1H3. The number of nitrogens with one attached hydrogen (secondary N) is 1. The lowest BCUT2D eigenvalue weighted by Gasteiger charge is -2.31. The van der Waals surface area contributed by atoms with E-state index in [0.717, 1.165) is 19.6 Å².